The fourth-order valence-electron chi connectivity index (χ4n) is 3.13. The van der Waals surface area contributed by atoms with E-state index in [4.69, 9.17) is 11.6 Å². The molecule has 0 radical (unpaired) electrons. The predicted octanol–water partition coefficient (Wildman–Crippen LogP) is 3.86. The number of amides is 1. The number of carbonyl (C=O) groups is 1. The van der Waals surface area contributed by atoms with Crippen molar-refractivity contribution in [3.05, 3.63) is 70.9 Å². The standard InChI is InChI=1S/C20H22ClN3O/c1-23(2)19(12-22-20(25)14-7-6-8-15(21)11-14)17-13-24(3)18-10-5-4-9-16(17)18/h4-11,13,19H,12H2,1-3H3,(H,22,25). The fourth-order valence-corrected chi connectivity index (χ4v) is 3.32. The molecule has 5 heteroatoms. The lowest BCUT2D eigenvalue weighted by molar-refractivity contribution is 0.0942. The van der Waals surface area contributed by atoms with Crippen LogP contribution in [0.1, 0.15) is 22.0 Å². The summed E-state index contributed by atoms with van der Waals surface area (Å²) in [5.74, 6) is -0.116. The summed E-state index contributed by atoms with van der Waals surface area (Å²) in [6, 6.07) is 15.4. The molecule has 130 valence electrons. The quantitative estimate of drug-likeness (QED) is 0.754. The van der Waals surface area contributed by atoms with Gasteiger partial charge in [-0.25, -0.2) is 0 Å². The predicted molar refractivity (Wildman–Crippen MR) is 103 cm³/mol. The number of nitrogens with zero attached hydrogens (tertiary/aromatic N) is 2. The number of rotatable bonds is 5. The smallest absolute Gasteiger partial charge is 0.251 e. The molecule has 1 unspecified atom stereocenters. The summed E-state index contributed by atoms with van der Waals surface area (Å²) in [5, 5.41) is 4.80. The number of nitrogens with one attached hydrogen (secondary N) is 1. The van der Waals surface area contributed by atoms with E-state index in [2.05, 4.69) is 33.1 Å². The van der Waals surface area contributed by atoms with Gasteiger partial charge in [-0.2, -0.15) is 0 Å². The van der Waals surface area contributed by atoms with E-state index in [0.717, 1.165) is 0 Å². The molecule has 1 atom stereocenters. The number of fused-ring (bicyclic) bond motifs is 1. The molecule has 1 aromatic heterocycles. The first kappa shape index (κ1) is 17.5. The van der Waals surface area contributed by atoms with Gasteiger partial charge in [-0.05, 0) is 43.9 Å². The van der Waals surface area contributed by atoms with Gasteiger partial charge >= 0.3 is 0 Å². The van der Waals surface area contributed by atoms with Gasteiger partial charge in [0.1, 0.15) is 0 Å². The van der Waals surface area contributed by atoms with Gasteiger partial charge in [0.25, 0.3) is 5.91 Å². The zero-order valence-electron chi connectivity index (χ0n) is 14.7. The minimum Gasteiger partial charge on any atom is -0.350 e. The van der Waals surface area contributed by atoms with Gasteiger partial charge in [-0.15, -0.1) is 0 Å². The van der Waals surface area contributed by atoms with E-state index in [9.17, 15) is 4.79 Å². The molecular weight excluding hydrogens is 334 g/mol. The van der Waals surface area contributed by atoms with Gasteiger partial charge in [0.05, 0.1) is 6.04 Å². The molecule has 0 fully saturated rings. The molecule has 0 saturated carbocycles. The monoisotopic (exact) mass is 355 g/mol. The molecule has 0 aliphatic rings. The molecule has 25 heavy (non-hydrogen) atoms. The third-order valence-electron chi connectivity index (χ3n) is 4.45. The van der Waals surface area contributed by atoms with E-state index in [1.165, 1.54) is 16.5 Å². The van der Waals surface area contributed by atoms with Crippen molar-refractivity contribution in [3.63, 3.8) is 0 Å². The lowest BCUT2D eigenvalue weighted by Crippen LogP contribution is -2.34. The number of aryl methyl sites for hydroxylation is 1. The van der Waals surface area contributed by atoms with Gasteiger partial charge in [0.15, 0.2) is 0 Å². The number of likely N-dealkylation sites (N-methyl/N-ethyl adjacent to an activating group) is 1. The van der Waals surface area contributed by atoms with E-state index in [1.54, 1.807) is 24.3 Å². The minimum absolute atomic E-state index is 0.0780. The van der Waals surface area contributed by atoms with Crippen LogP contribution in [0, 0.1) is 0 Å². The molecule has 4 nitrogen and oxygen atoms in total. The molecule has 0 bridgehead atoms. The molecule has 0 spiro atoms. The second-order valence-electron chi connectivity index (χ2n) is 6.41. The highest BCUT2D eigenvalue weighted by atomic mass is 35.5. The second kappa shape index (κ2) is 7.30. The topological polar surface area (TPSA) is 37.3 Å². The van der Waals surface area contributed by atoms with Crippen LogP contribution in [0.25, 0.3) is 10.9 Å². The maximum absolute atomic E-state index is 12.4. The number of hydrogen-bond donors (Lipinski definition) is 1. The van der Waals surface area contributed by atoms with Crippen LogP contribution >= 0.6 is 11.6 Å². The molecular formula is C20H22ClN3O. The number of carbonyl (C=O) groups excluding carboxylic acids is 1. The van der Waals surface area contributed by atoms with Crippen molar-refractivity contribution < 1.29 is 4.79 Å². The number of benzene rings is 2. The molecule has 0 saturated heterocycles. The van der Waals surface area contributed by atoms with Crippen LogP contribution in [0.3, 0.4) is 0 Å². The normalized spacial score (nSPS) is 12.5. The Morgan fingerprint density at radius 2 is 1.96 bits per heavy atom. The lowest BCUT2D eigenvalue weighted by atomic mass is 10.0. The van der Waals surface area contributed by atoms with Crippen molar-refractivity contribution in [1.29, 1.82) is 0 Å². The van der Waals surface area contributed by atoms with Crippen molar-refractivity contribution in [3.8, 4) is 0 Å². The first-order valence-corrected chi connectivity index (χ1v) is 8.59. The lowest BCUT2D eigenvalue weighted by Gasteiger charge is -2.24. The van der Waals surface area contributed by atoms with Crippen molar-refractivity contribution >= 4 is 28.4 Å². The number of halogens is 1. The Labute approximate surface area is 153 Å². The van der Waals surface area contributed by atoms with Gasteiger partial charge in [-0.3, -0.25) is 4.79 Å². The Morgan fingerprint density at radius 1 is 1.20 bits per heavy atom. The number of hydrogen-bond acceptors (Lipinski definition) is 2. The zero-order chi connectivity index (χ0) is 18.0. The molecule has 3 aromatic rings. The Balaban J connectivity index is 1.83. The van der Waals surface area contributed by atoms with Crippen LogP contribution in [0.4, 0.5) is 0 Å². The molecule has 0 aliphatic carbocycles. The third kappa shape index (κ3) is 3.70. The second-order valence-corrected chi connectivity index (χ2v) is 6.85. The first-order valence-electron chi connectivity index (χ1n) is 8.21. The van der Waals surface area contributed by atoms with Crippen LogP contribution in [-0.2, 0) is 7.05 Å². The van der Waals surface area contributed by atoms with Crippen molar-refractivity contribution in [1.82, 2.24) is 14.8 Å². The van der Waals surface area contributed by atoms with Gasteiger partial charge in [-0.1, -0.05) is 35.9 Å². The van der Waals surface area contributed by atoms with Crippen LogP contribution in [0.15, 0.2) is 54.7 Å². The van der Waals surface area contributed by atoms with Gasteiger partial charge in [0, 0.05) is 41.3 Å². The fraction of sp³-hybridized carbons (Fsp3) is 0.250. The Morgan fingerprint density at radius 3 is 2.68 bits per heavy atom. The third-order valence-corrected chi connectivity index (χ3v) is 4.69. The average molecular weight is 356 g/mol. The summed E-state index contributed by atoms with van der Waals surface area (Å²) in [5.41, 5.74) is 2.96. The summed E-state index contributed by atoms with van der Waals surface area (Å²) in [7, 11) is 6.10. The van der Waals surface area contributed by atoms with Gasteiger partial charge < -0.3 is 14.8 Å². The summed E-state index contributed by atoms with van der Waals surface area (Å²) in [4.78, 5) is 14.6. The van der Waals surface area contributed by atoms with E-state index >= 15 is 0 Å². The van der Waals surface area contributed by atoms with E-state index < -0.39 is 0 Å². The Bertz CT molecular complexity index is 901. The molecule has 2 aromatic carbocycles. The summed E-state index contributed by atoms with van der Waals surface area (Å²) >= 11 is 5.98. The van der Waals surface area contributed by atoms with E-state index in [-0.39, 0.29) is 11.9 Å². The van der Waals surface area contributed by atoms with E-state index in [0.29, 0.717) is 17.1 Å². The molecule has 1 N–H and O–H groups in total. The minimum atomic E-state index is -0.116. The largest absolute Gasteiger partial charge is 0.350 e. The zero-order valence-corrected chi connectivity index (χ0v) is 15.4. The van der Waals surface area contributed by atoms with Crippen LogP contribution in [0.5, 0.6) is 0 Å². The van der Waals surface area contributed by atoms with Crippen LogP contribution in [0.2, 0.25) is 5.02 Å². The molecule has 3 rings (SSSR count). The van der Waals surface area contributed by atoms with Crippen molar-refractivity contribution in [2.45, 2.75) is 6.04 Å². The number of aromatic nitrogens is 1. The average Bonchev–Trinajstić information content (AvgIpc) is 2.92. The number of para-hydroxylation sites is 1. The highest BCUT2D eigenvalue weighted by Crippen LogP contribution is 2.28. The maximum Gasteiger partial charge on any atom is 0.251 e. The molecule has 1 heterocycles. The molecule has 1 amide bonds. The highest BCUT2D eigenvalue weighted by molar-refractivity contribution is 6.30. The summed E-state index contributed by atoms with van der Waals surface area (Å²) in [6.07, 6.45) is 2.14. The highest BCUT2D eigenvalue weighted by Gasteiger charge is 2.20. The Hall–Kier alpha value is -2.30. The molecule has 0 aliphatic heterocycles. The summed E-state index contributed by atoms with van der Waals surface area (Å²) < 4.78 is 2.12. The van der Waals surface area contributed by atoms with Crippen LogP contribution < -0.4 is 5.32 Å². The van der Waals surface area contributed by atoms with E-state index in [1.807, 2.05) is 33.3 Å². The van der Waals surface area contributed by atoms with Crippen molar-refractivity contribution in [2.75, 3.05) is 20.6 Å². The van der Waals surface area contributed by atoms with Crippen LogP contribution in [-0.4, -0.2) is 36.0 Å². The SMILES string of the molecule is CN(C)C(CNC(=O)c1cccc(Cl)c1)c1cn(C)c2ccccc12. The van der Waals surface area contributed by atoms with Gasteiger partial charge in [0.2, 0.25) is 0 Å². The van der Waals surface area contributed by atoms with Crippen molar-refractivity contribution in [2.24, 2.45) is 7.05 Å². The maximum atomic E-state index is 12.4. The summed E-state index contributed by atoms with van der Waals surface area (Å²) in [6.45, 7) is 0.520. The first-order chi connectivity index (χ1) is 12.0. The Kier molecular flexibility index (Phi) is 5.11.